The Morgan fingerprint density at radius 2 is 1.56 bits per heavy atom. The van der Waals surface area contributed by atoms with Crippen molar-refractivity contribution in [2.45, 2.75) is 89.3 Å². The first kappa shape index (κ1) is 29.8. The standard InChI is InChI=1S/C24H37F3N4O5/c25-24(26,27)22(34)29-14-10-8-6-4-2-1-3-5-7-9-13-28-15-18-16-31(23(35)30-21(18)33)20-12-11-19(17-32)36-20/h11-12,16,19-20,28,32H,1-10,13-15,17H2,(H,29,34)(H,30,33,35)/t19-,20+/m0/s1. The number of amides is 1. The molecule has 0 saturated heterocycles. The van der Waals surface area contributed by atoms with E-state index in [-0.39, 0.29) is 13.2 Å². The van der Waals surface area contributed by atoms with Crippen LogP contribution in [0, 0.1) is 0 Å². The number of ether oxygens (including phenoxy) is 1. The molecule has 4 N–H and O–H groups in total. The van der Waals surface area contributed by atoms with Gasteiger partial charge in [-0.1, -0.05) is 57.4 Å². The largest absolute Gasteiger partial charge is 0.471 e. The molecule has 0 fully saturated rings. The third-order valence-corrected chi connectivity index (χ3v) is 5.94. The van der Waals surface area contributed by atoms with Crippen molar-refractivity contribution in [2.24, 2.45) is 0 Å². The minimum absolute atomic E-state index is 0.0576. The average molecular weight is 519 g/mol. The molecule has 2 rings (SSSR count). The minimum atomic E-state index is -4.81. The van der Waals surface area contributed by atoms with E-state index in [4.69, 9.17) is 9.84 Å². The summed E-state index contributed by atoms with van der Waals surface area (Å²) >= 11 is 0. The first-order valence-electron chi connectivity index (χ1n) is 12.6. The van der Waals surface area contributed by atoms with Gasteiger partial charge in [-0.15, -0.1) is 0 Å². The Hall–Kier alpha value is -2.44. The van der Waals surface area contributed by atoms with Gasteiger partial charge < -0.3 is 20.5 Å². The molecule has 1 aromatic rings. The molecule has 0 bridgehead atoms. The van der Waals surface area contributed by atoms with E-state index < -0.39 is 35.7 Å². The molecule has 12 heteroatoms. The first-order valence-corrected chi connectivity index (χ1v) is 12.6. The summed E-state index contributed by atoms with van der Waals surface area (Å²) in [6.07, 6.45) is 8.70. The second kappa shape index (κ2) is 15.6. The highest BCUT2D eigenvalue weighted by atomic mass is 19.4. The van der Waals surface area contributed by atoms with E-state index in [2.05, 4.69) is 10.3 Å². The van der Waals surface area contributed by atoms with Crippen LogP contribution in [0.5, 0.6) is 0 Å². The van der Waals surface area contributed by atoms with E-state index in [0.29, 0.717) is 18.5 Å². The summed E-state index contributed by atoms with van der Waals surface area (Å²) in [7, 11) is 0. The number of rotatable bonds is 17. The molecule has 36 heavy (non-hydrogen) atoms. The number of halogens is 3. The van der Waals surface area contributed by atoms with Crippen LogP contribution in [-0.4, -0.2) is 52.5 Å². The lowest BCUT2D eigenvalue weighted by atomic mass is 10.1. The number of aliphatic hydroxyl groups is 1. The van der Waals surface area contributed by atoms with Gasteiger partial charge in [0.25, 0.3) is 5.56 Å². The Morgan fingerprint density at radius 1 is 0.972 bits per heavy atom. The molecule has 0 unspecified atom stereocenters. The van der Waals surface area contributed by atoms with Gasteiger partial charge in [0.15, 0.2) is 6.23 Å². The number of hydrogen-bond acceptors (Lipinski definition) is 6. The van der Waals surface area contributed by atoms with Crippen LogP contribution in [0.25, 0.3) is 0 Å². The summed E-state index contributed by atoms with van der Waals surface area (Å²) in [5.74, 6) is -1.87. The van der Waals surface area contributed by atoms with Gasteiger partial charge in [-0.25, -0.2) is 4.79 Å². The van der Waals surface area contributed by atoms with Crippen LogP contribution in [0.4, 0.5) is 13.2 Å². The van der Waals surface area contributed by atoms with Gasteiger partial charge >= 0.3 is 17.8 Å². The summed E-state index contributed by atoms with van der Waals surface area (Å²) in [6.45, 7) is 0.950. The van der Waals surface area contributed by atoms with Crippen LogP contribution < -0.4 is 21.9 Å². The van der Waals surface area contributed by atoms with Crippen LogP contribution in [0.2, 0.25) is 0 Å². The van der Waals surface area contributed by atoms with Crippen molar-refractivity contribution in [3.63, 3.8) is 0 Å². The third kappa shape index (κ3) is 10.7. The molecule has 0 aliphatic carbocycles. The number of alkyl halides is 3. The zero-order valence-corrected chi connectivity index (χ0v) is 20.4. The minimum Gasteiger partial charge on any atom is -0.393 e. The summed E-state index contributed by atoms with van der Waals surface area (Å²) in [5, 5.41) is 14.3. The molecule has 1 amide bonds. The van der Waals surface area contributed by atoms with E-state index in [9.17, 15) is 27.6 Å². The number of nitrogens with one attached hydrogen (secondary N) is 3. The van der Waals surface area contributed by atoms with Gasteiger partial charge in [-0.2, -0.15) is 13.2 Å². The fraction of sp³-hybridized carbons (Fsp3) is 0.708. The molecule has 0 aromatic carbocycles. The molecule has 0 radical (unpaired) electrons. The van der Waals surface area contributed by atoms with Gasteiger partial charge in [0.1, 0.15) is 6.10 Å². The van der Waals surface area contributed by atoms with E-state index in [1.165, 1.54) is 10.8 Å². The lowest BCUT2D eigenvalue weighted by molar-refractivity contribution is -0.173. The monoisotopic (exact) mass is 518 g/mol. The zero-order chi connectivity index (χ0) is 26.4. The lowest BCUT2D eigenvalue weighted by Gasteiger charge is -2.15. The molecule has 2 heterocycles. The van der Waals surface area contributed by atoms with Crippen LogP contribution in [0.1, 0.15) is 76.0 Å². The predicted octanol–water partition coefficient (Wildman–Crippen LogP) is 2.65. The number of hydrogen-bond donors (Lipinski definition) is 4. The molecular weight excluding hydrogens is 481 g/mol. The van der Waals surface area contributed by atoms with Gasteiger partial charge in [0, 0.05) is 24.8 Å². The molecule has 0 saturated carbocycles. The smallest absolute Gasteiger partial charge is 0.393 e. The van der Waals surface area contributed by atoms with E-state index >= 15 is 0 Å². The van der Waals surface area contributed by atoms with Gasteiger partial charge in [0.05, 0.1) is 6.61 Å². The first-order chi connectivity index (χ1) is 17.2. The quantitative estimate of drug-likeness (QED) is 0.186. The topological polar surface area (TPSA) is 125 Å². The van der Waals surface area contributed by atoms with Gasteiger partial charge in [-0.3, -0.25) is 19.1 Å². The molecule has 0 spiro atoms. The van der Waals surface area contributed by atoms with Crippen molar-refractivity contribution in [2.75, 3.05) is 19.7 Å². The maximum atomic E-state index is 12.1. The van der Waals surface area contributed by atoms with Crippen LogP contribution >= 0.6 is 0 Å². The maximum absolute atomic E-state index is 12.1. The fourth-order valence-corrected chi connectivity index (χ4v) is 3.91. The number of unbranched alkanes of at least 4 members (excludes halogenated alkanes) is 9. The highest BCUT2D eigenvalue weighted by Crippen LogP contribution is 2.19. The number of aliphatic hydroxyl groups excluding tert-OH is 1. The number of carbonyl (C=O) groups is 1. The van der Waals surface area contributed by atoms with Crippen molar-refractivity contribution in [3.05, 3.63) is 44.8 Å². The molecule has 2 atom stereocenters. The highest BCUT2D eigenvalue weighted by Gasteiger charge is 2.38. The van der Waals surface area contributed by atoms with Crippen molar-refractivity contribution in [1.29, 1.82) is 0 Å². The van der Waals surface area contributed by atoms with Gasteiger partial charge in [0.2, 0.25) is 0 Å². The zero-order valence-electron chi connectivity index (χ0n) is 20.4. The number of carbonyl (C=O) groups excluding carboxylic acids is 1. The summed E-state index contributed by atoms with van der Waals surface area (Å²) in [5.41, 5.74) is -0.566. The Kier molecular flexibility index (Phi) is 12.9. The molecule has 1 aliphatic rings. The number of nitrogens with zero attached hydrogens (tertiary/aromatic N) is 1. The van der Waals surface area contributed by atoms with Crippen molar-refractivity contribution < 1.29 is 27.8 Å². The van der Waals surface area contributed by atoms with E-state index in [1.54, 1.807) is 12.2 Å². The summed E-state index contributed by atoms with van der Waals surface area (Å²) in [6, 6.07) is 0. The number of aromatic nitrogens is 2. The Labute approximate surface area is 208 Å². The Balaban J connectivity index is 1.47. The average Bonchev–Trinajstić information content (AvgIpc) is 3.31. The second-order valence-electron chi connectivity index (χ2n) is 8.92. The van der Waals surface area contributed by atoms with Gasteiger partial charge in [-0.05, 0) is 25.5 Å². The molecule has 1 aliphatic heterocycles. The predicted molar refractivity (Wildman–Crippen MR) is 128 cm³/mol. The number of H-pyrrole nitrogens is 1. The summed E-state index contributed by atoms with van der Waals surface area (Å²) in [4.78, 5) is 37.2. The van der Waals surface area contributed by atoms with Crippen molar-refractivity contribution >= 4 is 5.91 Å². The van der Waals surface area contributed by atoms with Crippen LogP contribution in [0.3, 0.4) is 0 Å². The normalized spacial score (nSPS) is 17.6. The molecule has 9 nitrogen and oxygen atoms in total. The van der Waals surface area contributed by atoms with Crippen molar-refractivity contribution in [1.82, 2.24) is 20.2 Å². The second-order valence-corrected chi connectivity index (χ2v) is 8.92. The molecule has 204 valence electrons. The fourth-order valence-electron chi connectivity index (χ4n) is 3.91. The van der Waals surface area contributed by atoms with Crippen LogP contribution in [0.15, 0.2) is 27.9 Å². The molecular formula is C24H37F3N4O5. The highest BCUT2D eigenvalue weighted by molar-refractivity contribution is 5.81. The SMILES string of the molecule is O=C(NCCCCCCCCCCCCNCc1cn([C@H]2C=C[C@@H](CO)O2)c(=O)[nH]c1=O)C(F)(F)F. The van der Waals surface area contributed by atoms with Crippen molar-refractivity contribution in [3.8, 4) is 0 Å². The maximum Gasteiger partial charge on any atom is 0.471 e. The lowest BCUT2D eigenvalue weighted by Crippen LogP contribution is -2.37. The Bertz CT molecular complexity index is 945. The summed E-state index contributed by atoms with van der Waals surface area (Å²) < 4.78 is 43.0. The van der Waals surface area contributed by atoms with Crippen LogP contribution in [-0.2, 0) is 16.1 Å². The van der Waals surface area contributed by atoms with E-state index in [1.807, 2.05) is 5.32 Å². The van der Waals surface area contributed by atoms with E-state index in [0.717, 1.165) is 64.3 Å². The Morgan fingerprint density at radius 3 is 2.11 bits per heavy atom. The third-order valence-electron chi connectivity index (χ3n) is 5.94. The molecule has 1 aromatic heterocycles. The number of aromatic amines is 1.